The van der Waals surface area contributed by atoms with Crippen LogP contribution >= 0.6 is 11.6 Å². The number of carbonyl (C=O) groups excluding carboxylic acids is 2. The normalized spacial score (nSPS) is 14.5. The minimum Gasteiger partial charge on any atom is -0.261 e. The molecule has 13 heavy (non-hydrogen) atoms. The van der Waals surface area contributed by atoms with Crippen LogP contribution in [-0.2, 0) is 9.59 Å². The van der Waals surface area contributed by atoms with Crippen LogP contribution in [0.5, 0.6) is 0 Å². The Bertz CT molecular complexity index is 523. The molecule has 64 valence electrons. The minimum atomic E-state index is -0.901. The molecule has 1 aliphatic heterocycles. The first kappa shape index (κ1) is 8.00. The van der Waals surface area contributed by atoms with Crippen molar-refractivity contribution >= 4 is 23.4 Å². The van der Waals surface area contributed by atoms with Gasteiger partial charge in [-0.2, -0.15) is 4.99 Å². The van der Waals surface area contributed by atoms with Gasteiger partial charge in [0.15, 0.2) is 5.49 Å². The molecule has 0 aromatic carbocycles. The summed E-state index contributed by atoms with van der Waals surface area (Å²) in [7, 11) is 0. The average Bonchev–Trinajstić information content (AvgIpc) is 2.08. The molecule has 2 heterocycles. The molecule has 0 saturated heterocycles. The lowest BCUT2D eigenvalue weighted by molar-refractivity contribution is -0.135. The van der Waals surface area contributed by atoms with Gasteiger partial charge in [0.25, 0.3) is 0 Å². The maximum absolute atomic E-state index is 10.8. The topological polar surface area (TPSA) is 71.8 Å². The second-order valence-electron chi connectivity index (χ2n) is 2.33. The summed E-state index contributed by atoms with van der Waals surface area (Å²) < 4.78 is 0. The molecule has 2 rings (SSSR count). The zero-order chi connectivity index (χ0) is 9.42. The molecule has 6 heteroatoms. The van der Waals surface area contributed by atoms with E-state index >= 15 is 0 Å². The van der Waals surface area contributed by atoms with Crippen LogP contribution in [-0.4, -0.2) is 16.8 Å². The lowest BCUT2D eigenvalue weighted by Gasteiger charge is -1.95. The molecule has 1 aliphatic rings. The van der Waals surface area contributed by atoms with Gasteiger partial charge in [0, 0.05) is 6.20 Å². The van der Waals surface area contributed by atoms with Crippen LogP contribution in [0, 0.1) is 0 Å². The number of rotatable bonds is 0. The lowest BCUT2D eigenvalue weighted by atomic mass is 10.4. The molecule has 1 aromatic rings. The van der Waals surface area contributed by atoms with Crippen molar-refractivity contribution in [1.82, 2.24) is 4.98 Å². The Morgan fingerprint density at radius 3 is 2.62 bits per heavy atom. The van der Waals surface area contributed by atoms with Gasteiger partial charge in [-0.1, -0.05) is 11.6 Å². The number of amides is 2. The second-order valence-corrected chi connectivity index (χ2v) is 2.77. The third kappa shape index (κ3) is 1.33. The van der Waals surface area contributed by atoms with E-state index in [1.165, 1.54) is 12.3 Å². The van der Waals surface area contributed by atoms with Crippen molar-refractivity contribution in [3.8, 4) is 0 Å². The zero-order valence-electron chi connectivity index (χ0n) is 6.19. The summed E-state index contributed by atoms with van der Waals surface area (Å²) >= 11 is 5.60. The predicted octanol–water partition coefficient (Wildman–Crippen LogP) is -0.959. The SMILES string of the molecule is O=C1N=c2cc(Cl)cnc2=NC1=O. The number of hydrogen-bond donors (Lipinski definition) is 0. The molecule has 1 aromatic heterocycles. The second kappa shape index (κ2) is 2.70. The van der Waals surface area contributed by atoms with Crippen LogP contribution in [0.3, 0.4) is 0 Å². The number of pyridine rings is 1. The molecule has 0 saturated carbocycles. The maximum atomic E-state index is 10.8. The predicted molar refractivity (Wildman–Crippen MR) is 41.6 cm³/mol. The van der Waals surface area contributed by atoms with Crippen LogP contribution in [0.25, 0.3) is 0 Å². The number of aromatic nitrogens is 1. The monoisotopic (exact) mass is 195 g/mol. The maximum Gasteiger partial charge on any atom is 0.339 e. The number of hydrogen-bond acceptors (Lipinski definition) is 3. The number of nitrogens with zero attached hydrogens (tertiary/aromatic N) is 3. The molecule has 0 radical (unpaired) electrons. The summed E-state index contributed by atoms with van der Waals surface area (Å²) in [6, 6.07) is 1.43. The fourth-order valence-corrected chi connectivity index (χ4v) is 1.04. The molecular formula is C7H2ClN3O2. The van der Waals surface area contributed by atoms with Crippen molar-refractivity contribution in [1.29, 1.82) is 0 Å². The van der Waals surface area contributed by atoms with E-state index < -0.39 is 11.8 Å². The van der Waals surface area contributed by atoms with Crippen molar-refractivity contribution < 1.29 is 9.59 Å². The molecule has 0 aliphatic carbocycles. The highest BCUT2D eigenvalue weighted by Crippen LogP contribution is 1.98. The largest absolute Gasteiger partial charge is 0.339 e. The van der Waals surface area contributed by atoms with Gasteiger partial charge in [0.05, 0.1) is 5.02 Å². The van der Waals surface area contributed by atoms with Crippen molar-refractivity contribution in [2.24, 2.45) is 9.98 Å². The third-order valence-corrected chi connectivity index (χ3v) is 1.63. The first-order chi connectivity index (χ1) is 6.16. The Labute approximate surface area is 76.8 Å². The molecule has 0 fully saturated rings. The fraction of sp³-hybridized carbons (Fsp3) is 0. The van der Waals surface area contributed by atoms with Gasteiger partial charge in [-0.25, -0.2) is 9.98 Å². The first-order valence-corrected chi connectivity index (χ1v) is 3.72. The third-order valence-electron chi connectivity index (χ3n) is 1.43. The lowest BCUT2D eigenvalue weighted by Crippen LogP contribution is -2.36. The van der Waals surface area contributed by atoms with Crippen molar-refractivity contribution in [3.63, 3.8) is 0 Å². The number of halogens is 1. The average molecular weight is 196 g/mol. The van der Waals surface area contributed by atoms with Crippen LogP contribution in [0.4, 0.5) is 0 Å². The van der Waals surface area contributed by atoms with Gasteiger partial charge in [0.2, 0.25) is 0 Å². The molecule has 5 nitrogen and oxygen atoms in total. The summed E-state index contributed by atoms with van der Waals surface area (Å²) in [6.07, 6.45) is 1.34. The summed E-state index contributed by atoms with van der Waals surface area (Å²) in [4.78, 5) is 32.2. The van der Waals surface area contributed by atoms with Gasteiger partial charge < -0.3 is 0 Å². The van der Waals surface area contributed by atoms with Crippen LogP contribution in [0.1, 0.15) is 0 Å². The van der Waals surface area contributed by atoms with Crippen LogP contribution in [0.2, 0.25) is 5.02 Å². The summed E-state index contributed by atoms with van der Waals surface area (Å²) in [5, 5.41) is 0.581. The van der Waals surface area contributed by atoms with Gasteiger partial charge in [0.1, 0.15) is 5.36 Å². The molecule has 0 spiro atoms. The van der Waals surface area contributed by atoms with E-state index in [9.17, 15) is 9.59 Å². The highest BCUT2D eigenvalue weighted by molar-refractivity contribution is 6.36. The number of carbonyl (C=O) groups is 2. The van der Waals surface area contributed by atoms with Gasteiger partial charge in [-0.15, -0.1) is 0 Å². The molecule has 2 amide bonds. The first-order valence-electron chi connectivity index (χ1n) is 3.34. The number of fused-ring (bicyclic) bond motifs is 1. The Morgan fingerprint density at radius 2 is 1.85 bits per heavy atom. The van der Waals surface area contributed by atoms with Gasteiger partial charge >= 0.3 is 11.8 Å². The Kier molecular flexibility index (Phi) is 1.66. The quantitative estimate of drug-likeness (QED) is 0.501. The Morgan fingerprint density at radius 1 is 1.15 bits per heavy atom. The van der Waals surface area contributed by atoms with Crippen LogP contribution < -0.4 is 10.8 Å². The van der Waals surface area contributed by atoms with Crippen LogP contribution in [0.15, 0.2) is 22.2 Å². The fourth-order valence-electron chi connectivity index (χ4n) is 0.891. The summed E-state index contributed by atoms with van der Waals surface area (Å²) in [5.41, 5.74) is 0.133. The van der Waals surface area contributed by atoms with Crippen molar-refractivity contribution in [2.75, 3.05) is 0 Å². The molecule has 0 unspecified atom stereocenters. The van der Waals surface area contributed by atoms with E-state index in [1.54, 1.807) is 0 Å². The smallest absolute Gasteiger partial charge is 0.261 e. The highest BCUT2D eigenvalue weighted by Gasteiger charge is 2.15. The standard InChI is InChI=1S/C7H2ClN3O2/c8-3-1-4-5(9-2-3)11-7(13)6(12)10-4/h1-2H. The molecule has 0 N–H and O–H groups in total. The zero-order valence-corrected chi connectivity index (χ0v) is 6.95. The highest BCUT2D eigenvalue weighted by atomic mass is 35.5. The van der Waals surface area contributed by atoms with Gasteiger partial charge in [-0.3, -0.25) is 9.59 Å². The van der Waals surface area contributed by atoms with E-state index in [2.05, 4.69) is 15.0 Å². The van der Waals surface area contributed by atoms with E-state index in [4.69, 9.17) is 11.6 Å². The minimum absolute atomic E-state index is 0.133. The molecule has 0 atom stereocenters. The van der Waals surface area contributed by atoms with Crippen molar-refractivity contribution in [2.45, 2.75) is 0 Å². The molecule has 0 bridgehead atoms. The van der Waals surface area contributed by atoms with Crippen molar-refractivity contribution in [3.05, 3.63) is 28.1 Å². The van der Waals surface area contributed by atoms with E-state index in [0.29, 0.717) is 5.02 Å². The Hall–Kier alpha value is -1.62. The molecular weight excluding hydrogens is 194 g/mol. The Balaban J connectivity index is 2.85. The van der Waals surface area contributed by atoms with Gasteiger partial charge in [-0.05, 0) is 6.07 Å². The summed E-state index contributed by atoms with van der Waals surface area (Å²) in [6.45, 7) is 0. The van der Waals surface area contributed by atoms with E-state index in [1.807, 2.05) is 0 Å². The summed E-state index contributed by atoms with van der Waals surface area (Å²) in [5.74, 6) is -1.79. The van der Waals surface area contributed by atoms with E-state index in [0.717, 1.165) is 0 Å². The van der Waals surface area contributed by atoms with E-state index in [-0.39, 0.29) is 10.8 Å².